The summed E-state index contributed by atoms with van der Waals surface area (Å²) in [6.07, 6.45) is 4.33. The Kier molecular flexibility index (Phi) is 5.16. The van der Waals surface area contributed by atoms with Crippen molar-refractivity contribution in [2.45, 2.75) is 45.2 Å². The fourth-order valence-electron chi connectivity index (χ4n) is 2.80. The van der Waals surface area contributed by atoms with E-state index >= 15 is 0 Å². The molecule has 0 unspecified atom stereocenters. The van der Waals surface area contributed by atoms with Crippen LogP contribution in [0.1, 0.15) is 38.2 Å². The molecular weight excluding hydrogens is 252 g/mol. The lowest BCUT2D eigenvalue weighted by Crippen LogP contribution is -2.49. The van der Waals surface area contributed by atoms with Crippen molar-refractivity contribution < 1.29 is 9.59 Å². The van der Waals surface area contributed by atoms with Crippen molar-refractivity contribution in [2.75, 3.05) is 0 Å². The first kappa shape index (κ1) is 14.6. The molecule has 1 atom stereocenters. The van der Waals surface area contributed by atoms with Crippen LogP contribution in [0.4, 0.5) is 0 Å². The third-order valence-corrected chi connectivity index (χ3v) is 3.82. The van der Waals surface area contributed by atoms with Crippen LogP contribution in [0, 0.1) is 5.92 Å². The zero-order valence-corrected chi connectivity index (χ0v) is 11.9. The second kappa shape index (κ2) is 7.08. The highest BCUT2D eigenvalue weighted by Crippen LogP contribution is 2.27. The van der Waals surface area contributed by atoms with E-state index in [1.165, 1.54) is 6.92 Å². The smallest absolute Gasteiger partial charge is 0.243 e. The quantitative estimate of drug-likeness (QED) is 0.862. The molecule has 1 aliphatic carbocycles. The third kappa shape index (κ3) is 4.08. The normalized spacial score (nSPS) is 16.6. The second-order valence-electron chi connectivity index (χ2n) is 5.43. The van der Waals surface area contributed by atoms with Crippen molar-refractivity contribution >= 4 is 11.8 Å². The van der Waals surface area contributed by atoms with Crippen molar-refractivity contribution in [2.24, 2.45) is 5.92 Å². The van der Waals surface area contributed by atoms with Crippen LogP contribution in [-0.4, -0.2) is 17.9 Å². The molecule has 0 bridgehead atoms. The van der Waals surface area contributed by atoms with Crippen LogP contribution in [0.15, 0.2) is 30.3 Å². The van der Waals surface area contributed by atoms with E-state index in [4.69, 9.17) is 0 Å². The lowest BCUT2D eigenvalue weighted by atomic mass is 9.97. The first-order valence-corrected chi connectivity index (χ1v) is 7.25. The topological polar surface area (TPSA) is 58.2 Å². The number of benzene rings is 1. The summed E-state index contributed by atoms with van der Waals surface area (Å²) in [5.41, 5.74) is 1.06. The molecule has 1 aromatic rings. The van der Waals surface area contributed by atoms with Gasteiger partial charge >= 0.3 is 0 Å². The molecule has 1 aromatic carbocycles. The van der Waals surface area contributed by atoms with Gasteiger partial charge in [-0.1, -0.05) is 43.2 Å². The third-order valence-electron chi connectivity index (χ3n) is 3.82. The van der Waals surface area contributed by atoms with Gasteiger partial charge in [0.2, 0.25) is 11.8 Å². The average molecular weight is 274 g/mol. The van der Waals surface area contributed by atoms with Crippen molar-refractivity contribution in [1.82, 2.24) is 10.6 Å². The number of carbonyl (C=O) groups is 2. The van der Waals surface area contributed by atoms with Gasteiger partial charge in [0.05, 0.1) is 0 Å². The van der Waals surface area contributed by atoms with Crippen LogP contribution in [-0.2, 0) is 16.1 Å². The van der Waals surface area contributed by atoms with Crippen molar-refractivity contribution in [3.8, 4) is 0 Å². The molecule has 0 aliphatic heterocycles. The molecule has 1 saturated carbocycles. The van der Waals surface area contributed by atoms with E-state index in [-0.39, 0.29) is 17.7 Å². The molecule has 0 heterocycles. The Morgan fingerprint density at radius 1 is 1.20 bits per heavy atom. The summed E-state index contributed by atoms with van der Waals surface area (Å²) >= 11 is 0. The van der Waals surface area contributed by atoms with Crippen molar-refractivity contribution in [3.05, 3.63) is 35.9 Å². The van der Waals surface area contributed by atoms with E-state index in [9.17, 15) is 9.59 Å². The van der Waals surface area contributed by atoms with Gasteiger partial charge in [0.15, 0.2) is 0 Å². The second-order valence-corrected chi connectivity index (χ2v) is 5.43. The maximum Gasteiger partial charge on any atom is 0.243 e. The molecule has 4 heteroatoms. The molecule has 0 saturated heterocycles. The van der Waals surface area contributed by atoms with Gasteiger partial charge in [-0.2, -0.15) is 0 Å². The molecule has 1 fully saturated rings. The summed E-state index contributed by atoms with van der Waals surface area (Å²) in [4.78, 5) is 23.6. The van der Waals surface area contributed by atoms with Gasteiger partial charge in [0.1, 0.15) is 6.04 Å². The molecule has 0 radical (unpaired) electrons. The summed E-state index contributed by atoms with van der Waals surface area (Å²) in [5, 5.41) is 5.73. The Morgan fingerprint density at radius 3 is 2.45 bits per heavy atom. The lowest BCUT2D eigenvalue weighted by molar-refractivity contribution is -0.129. The molecular formula is C16H22N2O2. The van der Waals surface area contributed by atoms with Crippen LogP contribution in [0.25, 0.3) is 0 Å². The van der Waals surface area contributed by atoms with Crippen LogP contribution in [0.2, 0.25) is 0 Å². The standard InChI is InChI=1S/C16H22N2O2/c1-12(19)18-15(14-9-5-6-10-14)16(20)17-11-13-7-3-2-4-8-13/h2-4,7-8,14-15H,5-6,9-11H2,1H3,(H,17,20)(H,18,19)/t15-/m0/s1. The fourth-order valence-corrected chi connectivity index (χ4v) is 2.80. The van der Waals surface area contributed by atoms with E-state index in [1.807, 2.05) is 30.3 Å². The van der Waals surface area contributed by atoms with Gasteiger partial charge in [-0.15, -0.1) is 0 Å². The molecule has 2 rings (SSSR count). The number of carbonyl (C=O) groups excluding carboxylic acids is 2. The molecule has 2 amide bonds. The van der Waals surface area contributed by atoms with Gasteiger partial charge < -0.3 is 10.6 Å². The fraction of sp³-hybridized carbons (Fsp3) is 0.500. The largest absolute Gasteiger partial charge is 0.350 e. The summed E-state index contributed by atoms with van der Waals surface area (Å²) in [6, 6.07) is 9.41. The average Bonchev–Trinajstić information content (AvgIpc) is 2.97. The predicted molar refractivity (Wildman–Crippen MR) is 77.9 cm³/mol. The number of hydrogen-bond acceptors (Lipinski definition) is 2. The maximum atomic E-state index is 12.3. The SMILES string of the molecule is CC(=O)N[C@H](C(=O)NCc1ccccc1)C1CCCC1. The van der Waals surface area contributed by atoms with E-state index in [0.29, 0.717) is 6.54 Å². The first-order chi connectivity index (χ1) is 9.66. The molecule has 2 N–H and O–H groups in total. The molecule has 20 heavy (non-hydrogen) atoms. The van der Waals surface area contributed by atoms with Crippen LogP contribution in [0.5, 0.6) is 0 Å². The van der Waals surface area contributed by atoms with E-state index in [2.05, 4.69) is 10.6 Å². The van der Waals surface area contributed by atoms with Gasteiger partial charge in [0.25, 0.3) is 0 Å². The van der Waals surface area contributed by atoms with Gasteiger partial charge in [-0.25, -0.2) is 0 Å². The lowest BCUT2D eigenvalue weighted by Gasteiger charge is -2.23. The van der Waals surface area contributed by atoms with Crippen LogP contribution in [0.3, 0.4) is 0 Å². The first-order valence-electron chi connectivity index (χ1n) is 7.25. The molecule has 4 nitrogen and oxygen atoms in total. The van der Waals surface area contributed by atoms with Gasteiger partial charge in [-0.05, 0) is 24.3 Å². The van der Waals surface area contributed by atoms with Crippen molar-refractivity contribution in [1.29, 1.82) is 0 Å². The molecule has 0 aromatic heterocycles. The zero-order valence-electron chi connectivity index (χ0n) is 11.9. The highest BCUT2D eigenvalue weighted by Gasteiger charge is 2.30. The highest BCUT2D eigenvalue weighted by atomic mass is 16.2. The minimum atomic E-state index is -0.390. The zero-order chi connectivity index (χ0) is 14.4. The summed E-state index contributed by atoms with van der Waals surface area (Å²) in [7, 11) is 0. The van der Waals surface area contributed by atoms with Crippen LogP contribution < -0.4 is 10.6 Å². The Morgan fingerprint density at radius 2 is 1.85 bits per heavy atom. The summed E-state index contributed by atoms with van der Waals surface area (Å²) in [6.45, 7) is 1.97. The summed E-state index contributed by atoms with van der Waals surface area (Å²) < 4.78 is 0. The molecule has 108 valence electrons. The summed E-state index contributed by atoms with van der Waals surface area (Å²) in [5.74, 6) is 0.0578. The van der Waals surface area contributed by atoms with E-state index in [0.717, 1.165) is 31.2 Å². The monoisotopic (exact) mass is 274 g/mol. The molecule has 0 spiro atoms. The molecule has 1 aliphatic rings. The van der Waals surface area contributed by atoms with Crippen LogP contribution >= 0.6 is 0 Å². The number of rotatable bonds is 5. The minimum Gasteiger partial charge on any atom is -0.350 e. The van der Waals surface area contributed by atoms with Gasteiger partial charge in [0, 0.05) is 13.5 Å². The van der Waals surface area contributed by atoms with Crippen molar-refractivity contribution in [3.63, 3.8) is 0 Å². The number of hydrogen-bond donors (Lipinski definition) is 2. The van der Waals surface area contributed by atoms with E-state index in [1.54, 1.807) is 0 Å². The van der Waals surface area contributed by atoms with E-state index < -0.39 is 6.04 Å². The number of amides is 2. The minimum absolute atomic E-state index is 0.0732. The van der Waals surface area contributed by atoms with Gasteiger partial charge in [-0.3, -0.25) is 9.59 Å². The number of nitrogens with one attached hydrogen (secondary N) is 2. The highest BCUT2D eigenvalue weighted by molar-refractivity contribution is 5.87. The Labute approximate surface area is 119 Å². The Balaban J connectivity index is 1.93. The Hall–Kier alpha value is -1.84. The predicted octanol–water partition coefficient (Wildman–Crippen LogP) is 2.00. The Bertz CT molecular complexity index is 453. The maximum absolute atomic E-state index is 12.3.